The molecule has 2 fully saturated rings. The van der Waals surface area contributed by atoms with E-state index in [1.807, 2.05) is 13.1 Å². The van der Waals surface area contributed by atoms with Crippen LogP contribution >= 0.6 is 0 Å². The molecule has 0 saturated carbocycles. The molecule has 4 rings (SSSR count). The van der Waals surface area contributed by atoms with Crippen molar-refractivity contribution in [1.82, 2.24) is 15.1 Å². The van der Waals surface area contributed by atoms with Gasteiger partial charge in [-0.1, -0.05) is 6.07 Å². The lowest BCUT2D eigenvalue weighted by atomic mass is 9.93. The highest BCUT2D eigenvalue weighted by Crippen LogP contribution is 2.38. The van der Waals surface area contributed by atoms with Gasteiger partial charge >= 0.3 is 0 Å². The fraction of sp³-hybridized carbons (Fsp3) is 0.682. The third-order valence-electron chi connectivity index (χ3n) is 6.39. The van der Waals surface area contributed by atoms with E-state index in [9.17, 15) is 4.79 Å². The summed E-state index contributed by atoms with van der Waals surface area (Å²) in [6.45, 7) is 5.79. The maximum absolute atomic E-state index is 13.1. The number of fused-ring (bicyclic) bond motifs is 1. The standard InChI is InChI=1S/C22H33N3O3/c1-23-9-6-17-7-11-24(12-8-17)16-22(26)25-10-2-3-19(25)18-4-5-20-21(15-18)28-14-13-27-20/h4-5,15,17,19,23H,2-3,6-14,16H2,1H3. The lowest BCUT2D eigenvalue weighted by molar-refractivity contribution is -0.133. The molecule has 3 aliphatic rings. The Morgan fingerprint density at radius 1 is 1.11 bits per heavy atom. The number of likely N-dealkylation sites (tertiary alicyclic amines) is 2. The summed E-state index contributed by atoms with van der Waals surface area (Å²) in [6, 6.07) is 6.31. The number of ether oxygens (including phenoxy) is 2. The van der Waals surface area contributed by atoms with E-state index < -0.39 is 0 Å². The van der Waals surface area contributed by atoms with E-state index in [1.54, 1.807) is 0 Å². The van der Waals surface area contributed by atoms with Gasteiger partial charge in [0.15, 0.2) is 11.5 Å². The first-order chi connectivity index (χ1) is 13.7. The lowest BCUT2D eigenvalue weighted by Crippen LogP contribution is -2.43. The van der Waals surface area contributed by atoms with Gasteiger partial charge in [0.25, 0.3) is 0 Å². The molecule has 6 nitrogen and oxygen atoms in total. The predicted molar refractivity (Wildman–Crippen MR) is 109 cm³/mol. The Balaban J connectivity index is 1.34. The van der Waals surface area contributed by atoms with Crippen LogP contribution in [0.2, 0.25) is 0 Å². The van der Waals surface area contributed by atoms with Crippen molar-refractivity contribution < 1.29 is 14.3 Å². The molecule has 28 heavy (non-hydrogen) atoms. The zero-order chi connectivity index (χ0) is 19.3. The number of amides is 1. The Bertz CT molecular complexity index is 673. The molecule has 0 spiro atoms. The molecule has 1 amide bonds. The first-order valence-electron chi connectivity index (χ1n) is 10.8. The molecule has 3 heterocycles. The molecule has 1 unspecified atom stereocenters. The molecule has 3 aliphatic heterocycles. The summed E-state index contributed by atoms with van der Waals surface area (Å²) in [5.74, 6) is 2.70. The number of rotatable bonds is 6. The Labute approximate surface area is 168 Å². The van der Waals surface area contributed by atoms with Gasteiger partial charge in [0, 0.05) is 6.54 Å². The van der Waals surface area contributed by atoms with E-state index in [-0.39, 0.29) is 11.9 Å². The zero-order valence-corrected chi connectivity index (χ0v) is 17.0. The normalized spacial score (nSPS) is 23.2. The van der Waals surface area contributed by atoms with Gasteiger partial charge in [-0.05, 0) is 82.4 Å². The van der Waals surface area contributed by atoms with Gasteiger partial charge in [0.2, 0.25) is 5.91 Å². The first-order valence-corrected chi connectivity index (χ1v) is 10.8. The molecule has 1 aromatic carbocycles. The van der Waals surface area contributed by atoms with Crippen LogP contribution in [-0.4, -0.2) is 68.7 Å². The van der Waals surface area contributed by atoms with E-state index in [0.717, 1.165) is 56.4 Å². The second kappa shape index (κ2) is 9.14. The molecular formula is C22H33N3O3. The van der Waals surface area contributed by atoms with Crippen LogP contribution in [0.1, 0.15) is 43.7 Å². The number of nitrogens with zero attached hydrogens (tertiary/aromatic N) is 2. The molecule has 0 bridgehead atoms. The number of hydrogen-bond donors (Lipinski definition) is 1. The summed E-state index contributed by atoms with van der Waals surface area (Å²) in [4.78, 5) is 17.5. The molecule has 1 atom stereocenters. The number of nitrogens with one attached hydrogen (secondary N) is 1. The fourth-order valence-corrected chi connectivity index (χ4v) is 4.74. The van der Waals surface area contributed by atoms with Crippen LogP contribution < -0.4 is 14.8 Å². The van der Waals surface area contributed by atoms with Crippen LogP contribution in [0.3, 0.4) is 0 Å². The summed E-state index contributed by atoms with van der Waals surface area (Å²) in [6.07, 6.45) is 5.76. The average molecular weight is 388 g/mol. The highest BCUT2D eigenvalue weighted by Gasteiger charge is 2.32. The fourth-order valence-electron chi connectivity index (χ4n) is 4.74. The maximum atomic E-state index is 13.1. The monoisotopic (exact) mass is 387 g/mol. The summed E-state index contributed by atoms with van der Waals surface area (Å²) in [7, 11) is 2.02. The topological polar surface area (TPSA) is 54.0 Å². The Hall–Kier alpha value is -1.79. The maximum Gasteiger partial charge on any atom is 0.237 e. The van der Waals surface area contributed by atoms with Gasteiger partial charge in [-0.25, -0.2) is 0 Å². The van der Waals surface area contributed by atoms with Crippen LogP contribution in [-0.2, 0) is 4.79 Å². The summed E-state index contributed by atoms with van der Waals surface area (Å²) >= 11 is 0. The molecule has 1 aromatic rings. The van der Waals surface area contributed by atoms with Crippen molar-refractivity contribution >= 4 is 5.91 Å². The van der Waals surface area contributed by atoms with Gasteiger partial charge < -0.3 is 19.7 Å². The lowest BCUT2D eigenvalue weighted by Gasteiger charge is -2.34. The first kappa shape index (κ1) is 19.5. The zero-order valence-electron chi connectivity index (χ0n) is 17.0. The van der Waals surface area contributed by atoms with Crippen molar-refractivity contribution in [2.24, 2.45) is 5.92 Å². The Kier molecular flexibility index (Phi) is 6.37. The molecule has 6 heteroatoms. The quantitative estimate of drug-likeness (QED) is 0.813. The summed E-state index contributed by atoms with van der Waals surface area (Å²) < 4.78 is 11.4. The molecule has 0 radical (unpaired) electrons. The number of carbonyl (C=O) groups excluding carboxylic acids is 1. The third kappa shape index (κ3) is 4.44. The highest BCUT2D eigenvalue weighted by atomic mass is 16.6. The molecule has 2 saturated heterocycles. The predicted octanol–water partition coefficient (Wildman–Crippen LogP) is 2.44. The Morgan fingerprint density at radius 3 is 2.68 bits per heavy atom. The molecule has 0 aliphatic carbocycles. The van der Waals surface area contributed by atoms with Crippen molar-refractivity contribution in [2.75, 3.05) is 53.0 Å². The largest absolute Gasteiger partial charge is 0.486 e. The smallest absolute Gasteiger partial charge is 0.237 e. The van der Waals surface area contributed by atoms with Gasteiger partial charge in [0.1, 0.15) is 13.2 Å². The van der Waals surface area contributed by atoms with Crippen molar-refractivity contribution in [2.45, 2.75) is 38.1 Å². The van der Waals surface area contributed by atoms with E-state index in [1.165, 1.54) is 24.8 Å². The third-order valence-corrected chi connectivity index (χ3v) is 6.39. The minimum absolute atomic E-state index is 0.163. The van der Waals surface area contributed by atoms with Crippen molar-refractivity contribution in [1.29, 1.82) is 0 Å². The molecule has 0 aromatic heterocycles. The Morgan fingerprint density at radius 2 is 1.89 bits per heavy atom. The van der Waals surface area contributed by atoms with Gasteiger partial charge in [0.05, 0.1) is 12.6 Å². The number of carbonyl (C=O) groups is 1. The van der Waals surface area contributed by atoms with E-state index in [2.05, 4.69) is 27.2 Å². The summed E-state index contributed by atoms with van der Waals surface area (Å²) in [5.41, 5.74) is 1.17. The van der Waals surface area contributed by atoms with Crippen molar-refractivity contribution in [3.8, 4) is 11.5 Å². The second-order valence-electron chi connectivity index (χ2n) is 8.26. The van der Waals surface area contributed by atoms with Crippen molar-refractivity contribution in [3.63, 3.8) is 0 Å². The van der Waals surface area contributed by atoms with Gasteiger partial charge in [-0.15, -0.1) is 0 Å². The van der Waals surface area contributed by atoms with Crippen LogP contribution in [0.25, 0.3) is 0 Å². The van der Waals surface area contributed by atoms with E-state index >= 15 is 0 Å². The highest BCUT2D eigenvalue weighted by molar-refractivity contribution is 5.79. The van der Waals surface area contributed by atoms with Crippen LogP contribution in [0.4, 0.5) is 0 Å². The number of benzene rings is 1. The minimum atomic E-state index is 0.163. The van der Waals surface area contributed by atoms with Gasteiger partial charge in [-0.2, -0.15) is 0 Å². The van der Waals surface area contributed by atoms with Crippen molar-refractivity contribution in [3.05, 3.63) is 23.8 Å². The number of hydrogen-bond acceptors (Lipinski definition) is 5. The summed E-state index contributed by atoms with van der Waals surface area (Å²) in [5, 5.41) is 3.24. The molecule has 1 N–H and O–H groups in total. The van der Waals surface area contributed by atoms with Gasteiger partial charge in [-0.3, -0.25) is 9.69 Å². The molecular weight excluding hydrogens is 354 g/mol. The van der Waals surface area contributed by atoms with Crippen LogP contribution in [0, 0.1) is 5.92 Å². The average Bonchev–Trinajstić information content (AvgIpc) is 3.23. The van der Waals surface area contributed by atoms with Crippen LogP contribution in [0.5, 0.6) is 11.5 Å². The van der Waals surface area contributed by atoms with Crippen LogP contribution in [0.15, 0.2) is 18.2 Å². The number of piperidine rings is 1. The van der Waals surface area contributed by atoms with E-state index in [4.69, 9.17) is 9.47 Å². The minimum Gasteiger partial charge on any atom is -0.486 e. The SMILES string of the molecule is CNCCC1CCN(CC(=O)N2CCCC2c2ccc3c(c2)OCCO3)CC1. The second-order valence-corrected chi connectivity index (χ2v) is 8.26. The van der Waals surface area contributed by atoms with E-state index in [0.29, 0.717) is 19.8 Å². The molecule has 154 valence electrons.